The molecule has 19 heavy (non-hydrogen) atoms. The minimum atomic E-state index is 0.236. The van der Waals surface area contributed by atoms with E-state index in [-0.39, 0.29) is 5.75 Å². The molecular formula is C15H11Br2NO. The topological polar surface area (TPSA) is 36.0 Å². The van der Waals surface area contributed by atoms with Gasteiger partial charge in [-0.05, 0) is 67.1 Å². The number of halogens is 2. The Balaban J connectivity index is 1.96. The van der Waals surface area contributed by atoms with Gasteiger partial charge in [0.2, 0.25) is 0 Å². The first-order chi connectivity index (χ1) is 9.13. The molecule has 4 heteroatoms. The number of aromatic nitrogens is 1. The van der Waals surface area contributed by atoms with Gasteiger partial charge in [0.25, 0.3) is 0 Å². The summed E-state index contributed by atoms with van der Waals surface area (Å²) in [6.45, 7) is 0. The average Bonchev–Trinajstić information content (AvgIpc) is 2.78. The Morgan fingerprint density at radius 2 is 1.68 bits per heavy atom. The molecule has 2 N–H and O–H groups in total. The van der Waals surface area contributed by atoms with Crippen LogP contribution in [0.3, 0.4) is 0 Å². The van der Waals surface area contributed by atoms with E-state index in [1.165, 1.54) is 5.39 Å². The smallest absolute Gasteiger partial charge is 0.143 e. The lowest BCUT2D eigenvalue weighted by Gasteiger charge is -2.05. The van der Waals surface area contributed by atoms with Crippen molar-refractivity contribution in [2.45, 2.75) is 6.42 Å². The van der Waals surface area contributed by atoms with Gasteiger partial charge in [0.1, 0.15) is 5.75 Å². The fourth-order valence-electron chi connectivity index (χ4n) is 2.17. The molecule has 0 spiro atoms. The first-order valence-electron chi connectivity index (χ1n) is 5.87. The van der Waals surface area contributed by atoms with Gasteiger partial charge in [-0.2, -0.15) is 0 Å². The number of rotatable bonds is 2. The molecule has 3 rings (SSSR count). The number of hydrogen-bond donors (Lipinski definition) is 2. The molecule has 0 fully saturated rings. The first kappa shape index (κ1) is 12.8. The Morgan fingerprint density at radius 3 is 2.37 bits per heavy atom. The summed E-state index contributed by atoms with van der Waals surface area (Å²) in [4.78, 5) is 3.40. The Morgan fingerprint density at radius 1 is 1.00 bits per heavy atom. The standard InChI is InChI=1S/C15H11Br2NO/c16-12-6-9(7-13(17)15(12)19)5-11-8-10-3-1-2-4-14(10)18-11/h1-4,6-8,18-19H,5H2. The summed E-state index contributed by atoms with van der Waals surface area (Å²) < 4.78 is 1.40. The van der Waals surface area contributed by atoms with Gasteiger partial charge in [-0.15, -0.1) is 0 Å². The molecule has 0 radical (unpaired) electrons. The number of fused-ring (bicyclic) bond motifs is 1. The Bertz CT molecular complexity index is 693. The van der Waals surface area contributed by atoms with Crippen LogP contribution in [0.25, 0.3) is 10.9 Å². The van der Waals surface area contributed by atoms with Crippen molar-refractivity contribution < 1.29 is 5.11 Å². The number of phenolic OH excluding ortho intramolecular Hbond substituents is 1. The predicted octanol–water partition coefficient (Wildman–Crippen LogP) is 4.99. The summed E-state index contributed by atoms with van der Waals surface area (Å²) in [6, 6.07) is 14.3. The zero-order chi connectivity index (χ0) is 13.4. The monoisotopic (exact) mass is 379 g/mol. The fourth-order valence-corrected chi connectivity index (χ4v) is 3.45. The largest absolute Gasteiger partial charge is 0.506 e. The molecule has 96 valence electrons. The minimum Gasteiger partial charge on any atom is -0.506 e. The van der Waals surface area contributed by atoms with Crippen LogP contribution in [-0.4, -0.2) is 10.1 Å². The van der Waals surface area contributed by atoms with Gasteiger partial charge in [-0.25, -0.2) is 0 Å². The van der Waals surface area contributed by atoms with E-state index in [9.17, 15) is 5.11 Å². The second-order valence-corrected chi connectivity index (χ2v) is 6.18. The Kier molecular flexibility index (Phi) is 3.37. The summed E-state index contributed by atoms with van der Waals surface area (Å²) in [7, 11) is 0. The lowest BCUT2D eigenvalue weighted by Crippen LogP contribution is -1.89. The number of hydrogen-bond acceptors (Lipinski definition) is 1. The highest BCUT2D eigenvalue weighted by atomic mass is 79.9. The zero-order valence-corrected chi connectivity index (χ0v) is 13.1. The molecule has 0 bridgehead atoms. The second-order valence-electron chi connectivity index (χ2n) is 4.47. The van der Waals surface area contributed by atoms with E-state index in [0.29, 0.717) is 8.95 Å². The highest BCUT2D eigenvalue weighted by molar-refractivity contribution is 9.11. The van der Waals surface area contributed by atoms with Crippen molar-refractivity contribution in [3.63, 3.8) is 0 Å². The van der Waals surface area contributed by atoms with Crippen LogP contribution in [0.5, 0.6) is 5.75 Å². The van der Waals surface area contributed by atoms with E-state index in [2.05, 4.69) is 55.0 Å². The van der Waals surface area contributed by atoms with E-state index in [1.54, 1.807) is 0 Å². The van der Waals surface area contributed by atoms with Gasteiger partial charge in [0, 0.05) is 17.6 Å². The van der Waals surface area contributed by atoms with Gasteiger partial charge in [0.15, 0.2) is 0 Å². The van der Waals surface area contributed by atoms with E-state index in [1.807, 2.05) is 24.3 Å². The van der Waals surface area contributed by atoms with Crippen molar-refractivity contribution in [2.75, 3.05) is 0 Å². The molecule has 3 aromatic rings. The van der Waals surface area contributed by atoms with Gasteiger partial charge < -0.3 is 10.1 Å². The van der Waals surface area contributed by atoms with Crippen molar-refractivity contribution in [1.82, 2.24) is 4.98 Å². The quantitative estimate of drug-likeness (QED) is 0.645. The molecule has 0 saturated heterocycles. The molecule has 0 aliphatic heterocycles. The van der Waals surface area contributed by atoms with Crippen LogP contribution in [-0.2, 0) is 6.42 Å². The fraction of sp³-hybridized carbons (Fsp3) is 0.0667. The summed E-state index contributed by atoms with van der Waals surface area (Å²) in [5, 5.41) is 10.9. The van der Waals surface area contributed by atoms with E-state index < -0.39 is 0 Å². The number of phenols is 1. The molecule has 0 unspecified atom stereocenters. The van der Waals surface area contributed by atoms with E-state index >= 15 is 0 Å². The van der Waals surface area contributed by atoms with Crippen LogP contribution in [0.15, 0.2) is 51.4 Å². The molecule has 0 aliphatic carbocycles. The SMILES string of the molecule is Oc1c(Br)cc(Cc2cc3ccccc3[nH]2)cc1Br. The van der Waals surface area contributed by atoms with Crippen molar-refractivity contribution >= 4 is 42.8 Å². The molecule has 2 nitrogen and oxygen atoms in total. The highest BCUT2D eigenvalue weighted by Crippen LogP contribution is 2.34. The number of aromatic hydroxyl groups is 1. The number of H-pyrrole nitrogens is 1. The minimum absolute atomic E-state index is 0.236. The zero-order valence-electron chi connectivity index (χ0n) is 9.95. The number of aromatic amines is 1. The molecule has 0 saturated carbocycles. The predicted molar refractivity (Wildman–Crippen MR) is 84.6 cm³/mol. The lowest BCUT2D eigenvalue weighted by atomic mass is 10.1. The van der Waals surface area contributed by atoms with Crippen LogP contribution in [0, 0.1) is 0 Å². The van der Waals surface area contributed by atoms with E-state index in [0.717, 1.165) is 23.2 Å². The highest BCUT2D eigenvalue weighted by Gasteiger charge is 2.07. The van der Waals surface area contributed by atoms with Crippen LogP contribution in [0.2, 0.25) is 0 Å². The van der Waals surface area contributed by atoms with Crippen LogP contribution in [0.1, 0.15) is 11.3 Å². The maximum Gasteiger partial charge on any atom is 0.143 e. The molecule has 0 amide bonds. The maximum absolute atomic E-state index is 9.71. The molecule has 2 aromatic carbocycles. The number of benzene rings is 2. The summed E-state index contributed by atoms with van der Waals surface area (Å²) in [5.41, 5.74) is 3.43. The Labute approximate surface area is 127 Å². The average molecular weight is 381 g/mol. The van der Waals surface area contributed by atoms with Crippen LogP contribution < -0.4 is 0 Å². The third-order valence-corrected chi connectivity index (χ3v) is 4.27. The maximum atomic E-state index is 9.71. The molecule has 0 aliphatic rings. The summed E-state index contributed by atoms with van der Waals surface area (Å²) in [6.07, 6.45) is 0.798. The summed E-state index contributed by atoms with van der Waals surface area (Å²) >= 11 is 6.71. The molecular weight excluding hydrogens is 370 g/mol. The Hall–Kier alpha value is -1.26. The van der Waals surface area contributed by atoms with Crippen molar-refractivity contribution in [3.8, 4) is 5.75 Å². The second kappa shape index (κ2) is 5.02. The number of para-hydroxylation sites is 1. The lowest BCUT2D eigenvalue weighted by molar-refractivity contribution is 0.468. The van der Waals surface area contributed by atoms with Crippen LogP contribution in [0.4, 0.5) is 0 Å². The third kappa shape index (κ3) is 2.55. The van der Waals surface area contributed by atoms with E-state index in [4.69, 9.17) is 0 Å². The van der Waals surface area contributed by atoms with Gasteiger partial charge >= 0.3 is 0 Å². The normalized spacial score (nSPS) is 11.1. The third-order valence-electron chi connectivity index (χ3n) is 3.06. The first-order valence-corrected chi connectivity index (χ1v) is 7.45. The molecule has 0 atom stereocenters. The summed E-state index contributed by atoms with van der Waals surface area (Å²) in [5.74, 6) is 0.236. The molecule has 1 heterocycles. The van der Waals surface area contributed by atoms with Crippen molar-refractivity contribution in [2.24, 2.45) is 0 Å². The van der Waals surface area contributed by atoms with Gasteiger partial charge in [-0.3, -0.25) is 0 Å². The molecule has 1 aromatic heterocycles. The van der Waals surface area contributed by atoms with Gasteiger partial charge in [0.05, 0.1) is 8.95 Å². The van der Waals surface area contributed by atoms with Crippen molar-refractivity contribution in [3.05, 3.63) is 62.7 Å². The number of nitrogens with one attached hydrogen (secondary N) is 1. The van der Waals surface area contributed by atoms with Gasteiger partial charge in [-0.1, -0.05) is 18.2 Å². The van der Waals surface area contributed by atoms with Crippen LogP contribution >= 0.6 is 31.9 Å². The van der Waals surface area contributed by atoms with Crippen molar-refractivity contribution in [1.29, 1.82) is 0 Å².